The van der Waals surface area contributed by atoms with Crippen LogP contribution in [0.5, 0.6) is 0 Å². The van der Waals surface area contributed by atoms with Crippen LogP contribution in [0.25, 0.3) is 11.3 Å². The van der Waals surface area contributed by atoms with E-state index in [-0.39, 0.29) is 5.41 Å². The molecule has 0 amide bonds. The highest BCUT2D eigenvalue weighted by atomic mass is 35.5. The van der Waals surface area contributed by atoms with Crippen LogP contribution in [-0.2, 0) is 12.5 Å². The number of halogens is 1. The minimum absolute atomic E-state index is 0.303. The van der Waals surface area contributed by atoms with Crippen LogP contribution in [0.3, 0.4) is 0 Å². The van der Waals surface area contributed by atoms with Gasteiger partial charge in [0, 0.05) is 30.9 Å². The fourth-order valence-corrected chi connectivity index (χ4v) is 2.78. The summed E-state index contributed by atoms with van der Waals surface area (Å²) in [6.07, 6.45) is 5.47. The number of aromatic nitrogens is 4. The Bertz CT molecular complexity index is 807. The molecule has 25 heavy (non-hydrogen) atoms. The Morgan fingerprint density at radius 1 is 1.20 bits per heavy atom. The lowest BCUT2D eigenvalue weighted by Crippen LogP contribution is -2.30. The zero-order valence-electron chi connectivity index (χ0n) is 15.6. The number of hydrogen-bond donors (Lipinski definition) is 0. The van der Waals surface area contributed by atoms with Crippen molar-refractivity contribution in [1.29, 1.82) is 0 Å². The van der Waals surface area contributed by atoms with Gasteiger partial charge < -0.3 is 4.52 Å². The molecule has 0 radical (unpaired) electrons. The number of rotatable bonds is 4. The number of aryl methyl sites for hydroxylation is 1. The monoisotopic (exact) mass is 360 g/mol. The van der Waals surface area contributed by atoms with Gasteiger partial charge in [0.2, 0.25) is 0 Å². The van der Waals surface area contributed by atoms with E-state index in [1.54, 1.807) is 23.1 Å². The summed E-state index contributed by atoms with van der Waals surface area (Å²) in [5.74, 6) is 1.01. The van der Waals surface area contributed by atoms with Crippen LogP contribution in [0.15, 0.2) is 41.3 Å². The number of nitrogens with zero attached hydrogens (tertiary/aromatic N) is 4. The number of pyridine rings is 1. The molecule has 1 atom stereocenters. The van der Waals surface area contributed by atoms with Crippen molar-refractivity contribution < 1.29 is 4.52 Å². The second-order valence-corrected chi connectivity index (χ2v) is 6.59. The molecule has 3 aromatic rings. The Morgan fingerprint density at radius 3 is 2.44 bits per heavy atom. The van der Waals surface area contributed by atoms with E-state index in [4.69, 9.17) is 16.1 Å². The molecule has 0 aliphatic rings. The molecular weight excluding hydrogens is 336 g/mol. The van der Waals surface area contributed by atoms with Gasteiger partial charge in [-0.05, 0) is 24.5 Å². The van der Waals surface area contributed by atoms with Crippen molar-refractivity contribution in [3.05, 3.63) is 53.2 Å². The highest BCUT2D eigenvalue weighted by Crippen LogP contribution is 2.39. The molecule has 0 N–H and O–H groups in total. The first-order chi connectivity index (χ1) is 11.9. The van der Waals surface area contributed by atoms with Gasteiger partial charge in [0.25, 0.3) is 0 Å². The highest BCUT2D eigenvalue weighted by Gasteiger charge is 2.36. The summed E-state index contributed by atoms with van der Waals surface area (Å²) in [5, 5.41) is 8.98. The standard InChI is InChI=1S/C17H19ClN4O.C2H6/c1-11(2)17(3,13-5-6-16(18)19-9-13)15-7-14(23-21-15)12-8-20-22(4)10-12;1-2/h5-11H,1-4H3;1-2H3. The summed E-state index contributed by atoms with van der Waals surface area (Å²) in [6, 6.07) is 5.78. The molecule has 3 aromatic heterocycles. The van der Waals surface area contributed by atoms with Gasteiger partial charge in [0.05, 0.1) is 17.5 Å². The van der Waals surface area contributed by atoms with Gasteiger partial charge in [0.15, 0.2) is 5.76 Å². The van der Waals surface area contributed by atoms with E-state index in [0.717, 1.165) is 16.8 Å². The minimum atomic E-state index is -0.318. The van der Waals surface area contributed by atoms with E-state index < -0.39 is 0 Å². The molecule has 0 saturated heterocycles. The Kier molecular flexibility index (Phi) is 6.01. The second-order valence-electron chi connectivity index (χ2n) is 6.21. The molecule has 0 aliphatic heterocycles. The van der Waals surface area contributed by atoms with Crippen molar-refractivity contribution in [2.45, 2.75) is 40.0 Å². The molecule has 0 bridgehead atoms. The summed E-state index contributed by atoms with van der Waals surface area (Å²) in [4.78, 5) is 4.22. The fraction of sp³-hybridized carbons (Fsp3) is 0.421. The van der Waals surface area contributed by atoms with Gasteiger partial charge in [-0.3, -0.25) is 4.68 Å². The van der Waals surface area contributed by atoms with Crippen LogP contribution in [0.2, 0.25) is 5.15 Å². The van der Waals surface area contributed by atoms with Crippen molar-refractivity contribution in [1.82, 2.24) is 19.9 Å². The first-order valence-corrected chi connectivity index (χ1v) is 8.87. The first kappa shape index (κ1) is 19.2. The van der Waals surface area contributed by atoms with Crippen molar-refractivity contribution in [2.75, 3.05) is 0 Å². The molecule has 0 fully saturated rings. The SMILES string of the molecule is CC.CC(C)C(C)(c1ccc(Cl)nc1)c1cc(-c2cnn(C)c2)on1. The highest BCUT2D eigenvalue weighted by molar-refractivity contribution is 6.29. The third-order valence-corrected chi connectivity index (χ3v) is 4.74. The largest absolute Gasteiger partial charge is 0.356 e. The van der Waals surface area contributed by atoms with E-state index in [1.165, 1.54) is 0 Å². The quantitative estimate of drug-likeness (QED) is 0.606. The van der Waals surface area contributed by atoms with Crippen molar-refractivity contribution in [2.24, 2.45) is 13.0 Å². The molecule has 1 unspecified atom stereocenters. The lowest BCUT2D eigenvalue weighted by molar-refractivity contribution is 0.353. The molecule has 5 nitrogen and oxygen atoms in total. The minimum Gasteiger partial charge on any atom is -0.356 e. The van der Waals surface area contributed by atoms with Gasteiger partial charge >= 0.3 is 0 Å². The van der Waals surface area contributed by atoms with E-state index in [0.29, 0.717) is 16.8 Å². The van der Waals surface area contributed by atoms with Crippen molar-refractivity contribution >= 4 is 11.6 Å². The predicted octanol–water partition coefficient (Wildman–Crippen LogP) is 5.11. The molecule has 0 saturated carbocycles. The summed E-state index contributed by atoms with van der Waals surface area (Å²) in [7, 11) is 1.87. The van der Waals surface area contributed by atoms with Gasteiger partial charge in [0.1, 0.15) is 5.15 Å². The molecule has 6 heteroatoms. The third-order valence-electron chi connectivity index (χ3n) is 4.51. The normalized spacial score (nSPS) is 13.3. The maximum absolute atomic E-state index is 5.92. The Labute approximate surface area is 154 Å². The van der Waals surface area contributed by atoms with E-state index in [9.17, 15) is 0 Å². The van der Waals surface area contributed by atoms with Crippen LogP contribution in [-0.4, -0.2) is 19.9 Å². The Morgan fingerprint density at radius 2 is 1.92 bits per heavy atom. The zero-order chi connectivity index (χ0) is 18.6. The molecule has 0 spiro atoms. The maximum Gasteiger partial charge on any atom is 0.170 e. The zero-order valence-corrected chi connectivity index (χ0v) is 16.4. The molecule has 3 heterocycles. The van der Waals surface area contributed by atoms with Crippen molar-refractivity contribution in [3.8, 4) is 11.3 Å². The molecule has 0 aromatic carbocycles. The smallest absolute Gasteiger partial charge is 0.170 e. The maximum atomic E-state index is 5.92. The summed E-state index contributed by atoms with van der Waals surface area (Å²) in [5.41, 5.74) is 2.52. The average Bonchev–Trinajstić information content (AvgIpc) is 3.25. The van der Waals surface area contributed by atoms with E-state index in [2.05, 4.69) is 36.0 Å². The molecular formula is C19H25ClN4O. The van der Waals surface area contributed by atoms with Gasteiger partial charge in [-0.1, -0.05) is 50.5 Å². The number of hydrogen-bond acceptors (Lipinski definition) is 4. The molecule has 134 valence electrons. The summed E-state index contributed by atoms with van der Waals surface area (Å²) in [6.45, 7) is 10.5. The van der Waals surface area contributed by atoms with Gasteiger partial charge in [-0.25, -0.2) is 4.98 Å². The Hall–Kier alpha value is -2.14. The molecule has 3 rings (SSSR count). The van der Waals surface area contributed by atoms with Crippen LogP contribution >= 0.6 is 11.6 Å². The van der Waals surface area contributed by atoms with Crippen molar-refractivity contribution in [3.63, 3.8) is 0 Å². The van der Waals surface area contributed by atoms with Crippen LogP contribution in [0, 0.1) is 5.92 Å². The summed E-state index contributed by atoms with van der Waals surface area (Å²) >= 11 is 5.92. The first-order valence-electron chi connectivity index (χ1n) is 8.49. The fourth-order valence-electron chi connectivity index (χ4n) is 2.66. The second kappa shape index (κ2) is 7.83. The predicted molar refractivity (Wildman–Crippen MR) is 101 cm³/mol. The van der Waals surface area contributed by atoms with Crippen LogP contribution in [0.1, 0.15) is 45.9 Å². The lowest BCUT2D eigenvalue weighted by atomic mass is 9.71. The summed E-state index contributed by atoms with van der Waals surface area (Å²) < 4.78 is 7.29. The van der Waals surface area contributed by atoms with Gasteiger partial charge in [-0.2, -0.15) is 5.10 Å². The molecule has 0 aliphatic carbocycles. The van der Waals surface area contributed by atoms with E-state index in [1.807, 2.05) is 39.2 Å². The van der Waals surface area contributed by atoms with Crippen LogP contribution in [0.4, 0.5) is 0 Å². The topological polar surface area (TPSA) is 56.7 Å². The van der Waals surface area contributed by atoms with Crippen LogP contribution < -0.4 is 0 Å². The average molecular weight is 361 g/mol. The third kappa shape index (κ3) is 3.76. The lowest BCUT2D eigenvalue weighted by Gasteiger charge is -2.31. The van der Waals surface area contributed by atoms with Gasteiger partial charge in [-0.15, -0.1) is 0 Å². The Balaban J connectivity index is 0.00000109. The van der Waals surface area contributed by atoms with E-state index >= 15 is 0 Å².